The summed E-state index contributed by atoms with van der Waals surface area (Å²) in [6.45, 7) is 4.16. The van der Waals surface area contributed by atoms with Crippen molar-refractivity contribution in [3.63, 3.8) is 0 Å². The molecule has 3 aromatic rings. The van der Waals surface area contributed by atoms with Gasteiger partial charge in [0.15, 0.2) is 0 Å². The van der Waals surface area contributed by atoms with Gasteiger partial charge in [0.05, 0.1) is 17.0 Å². The van der Waals surface area contributed by atoms with Crippen LogP contribution in [0.2, 0.25) is 0 Å². The second-order valence-electron chi connectivity index (χ2n) is 10.7. The first-order chi connectivity index (χ1) is 16.0. The lowest BCUT2D eigenvalue weighted by atomic mass is 9.49. The van der Waals surface area contributed by atoms with Crippen LogP contribution in [-0.2, 0) is 24.7 Å². The molecule has 3 aliphatic carbocycles. The van der Waals surface area contributed by atoms with E-state index in [-0.39, 0.29) is 11.8 Å². The van der Waals surface area contributed by atoms with Crippen molar-refractivity contribution < 1.29 is 10.2 Å². The Kier molecular flexibility index (Phi) is 3.99. The van der Waals surface area contributed by atoms with Gasteiger partial charge in [-0.05, 0) is 86.0 Å². The third-order valence-electron chi connectivity index (χ3n) is 8.97. The minimum atomic E-state index is -0.870. The van der Waals surface area contributed by atoms with Crippen molar-refractivity contribution in [1.82, 2.24) is 19.7 Å². The van der Waals surface area contributed by atoms with E-state index in [1.807, 2.05) is 18.2 Å². The van der Waals surface area contributed by atoms with Gasteiger partial charge in [0.1, 0.15) is 5.75 Å². The van der Waals surface area contributed by atoms with Crippen LogP contribution in [-0.4, -0.2) is 54.6 Å². The molecule has 2 aromatic heterocycles. The van der Waals surface area contributed by atoms with Crippen LogP contribution in [0.4, 0.5) is 0 Å². The van der Waals surface area contributed by atoms with Gasteiger partial charge < -0.3 is 10.2 Å². The number of likely N-dealkylation sites (tertiary alicyclic amines) is 1. The van der Waals surface area contributed by atoms with Gasteiger partial charge in [0, 0.05) is 48.9 Å². The molecule has 7 rings (SSSR count). The number of benzene rings is 1. The summed E-state index contributed by atoms with van der Waals surface area (Å²) < 4.78 is 2.06. The van der Waals surface area contributed by atoms with Crippen molar-refractivity contribution in [3.8, 4) is 11.4 Å². The van der Waals surface area contributed by atoms with Crippen LogP contribution >= 0.6 is 0 Å². The number of aromatic hydroxyl groups is 1. The Labute approximate surface area is 193 Å². The maximum atomic E-state index is 12.7. The van der Waals surface area contributed by atoms with Crippen LogP contribution in [0.1, 0.15) is 47.3 Å². The highest BCUT2D eigenvalue weighted by Crippen LogP contribution is 2.58. The first-order valence-corrected chi connectivity index (χ1v) is 12.3. The highest BCUT2D eigenvalue weighted by Gasteiger charge is 2.65. The topological polar surface area (TPSA) is 74.4 Å². The zero-order chi connectivity index (χ0) is 22.4. The summed E-state index contributed by atoms with van der Waals surface area (Å²) in [6, 6.07) is 9.90. The number of aliphatic hydroxyl groups is 1. The minimum absolute atomic E-state index is 0.0979. The highest BCUT2D eigenvalue weighted by molar-refractivity contribution is 5.53. The molecule has 1 aromatic carbocycles. The predicted molar refractivity (Wildman–Crippen MR) is 125 cm³/mol. The molecule has 1 saturated heterocycles. The Hall–Kier alpha value is -2.70. The number of piperidine rings is 1. The zero-order valence-electron chi connectivity index (χ0n) is 19.0. The quantitative estimate of drug-likeness (QED) is 0.652. The zero-order valence-corrected chi connectivity index (χ0v) is 19.0. The third-order valence-corrected chi connectivity index (χ3v) is 8.97. The van der Waals surface area contributed by atoms with E-state index in [1.54, 1.807) is 18.5 Å². The average Bonchev–Trinajstić information content (AvgIpc) is 3.58. The van der Waals surface area contributed by atoms with Crippen molar-refractivity contribution in [1.29, 1.82) is 0 Å². The smallest absolute Gasteiger partial charge is 0.115 e. The lowest BCUT2D eigenvalue weighted by Crippen LogP contribution is -2.74. The molecule has 2 fully saturated rings. The number of phenols is 1. The molecule has 2 bridgehead atoms. The first kappa shape index (κ1) is 19.7. The van der Waals surface area contributed by atoms with Crippen molar-refractivity contribution in [2.75, 3.05) is 13.1 Å². The van der Waals surface area contributed by atoms with Crippen LogP contribution in [0.5, 0.6) is 5.75 Å². The van der Waals surface area contributed by atoms with Crippen LogP contribution in [0.15, 0.2) is 42.7 Å². The number of hydrogen-bond donors (Lipinski definition) is 2. The molecule has 1 aliphatic heterocycles. The average molecular weight is 443 g/mol. The van der Waals surface area contributed by atoms with Crippen LogP contribution in [0, 0.1) is 12.8 Å². The maximum Gasteiger partial charge on any atom is 0.115 e. The molecule has 1 saturated carbocycles. The molecule has 0 spiro atoms. The van der Waals surface area contributed by atoms with E-state index in [9.17, 15) is 10.2 Å². The number of rotatable bonds is 3. The van der Waals surface area contributed by atoms with E-state index in [1.165, 1.54) is 29.7 Å². The van der Waals surface area contributed by atoms with Crippen LogP contribution in [0.25, 0.3) is 5.69 Å². The Balaban J connectivity index is 1.43. The van der Waals surface area contributed by atoms with E-state index in [0.29, 0.717) is 6.42 Å². The Morgan fingerprint density at radius 1 is 1.12 bits per heavy atom. The molecule has 3 heterocycles. The van der Waals surface area contributed by atoms with Crippen LogP contribution < -0.4 is 0 Å². The third kappa shape index (κ3) is 2.68. The molecule has 3 atom stereocenters. The van der Waals surface area contributed by atoms with Gasteiger partial charge in [-0.1, -0.05) is 6.07 Å². The molecular formula is C27H30N4O2. The maximum absolute atomic E-state index is 12.7. The number of phenolic OH excluding ortho intramolecular Hbond substituents is 1. The largest absolute Gasteiger partial charge is 0.508 e. The number of pyridine rings is 1. The summed E-state index contributed by atoms with van der Waals surface area (Å²) in [6.07, 6.45) is 9.31. The van der Waals surface area contributed by atoms with Gasteiger partial charge in [-0.15, -0.1) is 0 Å². The van der Waals surface area contributed by atoms with Crippen LogP contribution in [0.3, 0.4) is 0 Å². The molecule has 170 valence electrons. The first-order valence-electron chi connectivity index (χ1n) is 12.3. The summed E-state index contributed by atoms with van der Waals surface area (Å²) in [5.41, 5.74) is 5.50. The number of aromatic nitrogens is 3. The van der Waals surface area contributed by atoms with E-state index < -0.39 is 11.0 Å². The van der Waals surface area contributed by atoms with Crippen molar-refractivity contribution in [3.05, 3.63) is 70.8 Å². The summed E-state index contributed by atoms with van der Waals surface area (Å²) in [7, 11) is 0. The molecule has 0 amide bonds. The standard InChI is InChI=1S/C27H30N4O2/c1-17-22-14-27(33)25-12-19-4-5-21(32)13-23(19)26(27,8-11-30(25)16-18-2-3-18)15-24(22)31(29-17)20-6-9-28-10-7-20/h4-7,9-10,13,18,25,32-33H,2-3,8,11-12,14-16H2,1H3/t25-,26-,27-/m1/s1. The molecule has 2 N–H and O–H groups in total. The van der Waals surface area contributed by atoms with Crippen molar-refractivity contribution in [2.24, 2.45) is 5.92 Å². The fraction of sp³-hybridized carbons (Fsp3) is 0.481. The van der Waals surface area contributed by atoms with E-state index in [4.69, 9.17) is 5.10 Å². The molecule has 6 heteroatoms. The number of nitrogens with zero attached hydrogens (tertiary/aromatic N) is 4. The molecule has 6 nitrogen and oxygen atoms in total. The predicted octanol–water partition coefficient (Wildman–Crippen LogP) is 3.09. The summed E-state index contributed by atoms with van der Waals surface area (Å²) >= 11 is 0. The van der Waals surface area contributed by atoms with Gasteiger partial charge in [-0.25, -0.2) is 4.68 Å². The number of aryl methyl sites for hydroxylation is 1. The Morgan fingerprint density at radius 2 is 1.94 bits per heavy atom. The summed E-state index contributed by atoms with van der Waals surface area (Å²) in [5, 5.41) is 28.1. The summed E-state index contributed by atoms with van der Waals surface area (Å²) in [4.78, 5) is 6.76. The molecule has 0 radical (unpaired) electrons. The SMILES string of the molecule is Cc1nn(-c2ccncc2)c2c1C[C@@]1(O)[C@H]3Cc4ccc(O)cc4[C@@]1(CCN3CC1CC1)C2. The van der Waals surface area contributed by atoms with Gasteiger partial charge in [-0.3, -0.25) is 9.88 Å². The molecule has 33 heavy (non-hydrogen) atoms. The summed E-state index contributed by atoms with van der Waals surface area (Å²) in [5.74, 6) is 1.08. The van der Waals surface area contributed by atoms with Crippen molar-refractivity contribution in [2.45, 2.75) is 62.5 Å². The van der Waals surface area contributed by atoms with Gasteiger partial charge >= 0.3 is 0 Å². The van der Waals surface area contributed by atoms with Gasteiger partial charge in [0.2, 0.25) is 0 Å². The molecular weight excluding hydrogens is 412 g/mol. The fourth-order valence-electron chi connectivity index (χ4n) is 7.14. The highest BCUT2D eigenvalue weighted by atomic mass is 16.3. The van der Waals surface area contributed by atoms with E-state index >= 15 is 0 Å². The Bertz CT molecular complexity index is 1250. The second-order valence-corrected chi connectivity index (χ2v) is 10.7. The Morgan fingerprint density at radius 3 is 2.73 bits per heavy atom. The molecule has 4 aliphatic rings. The number of fused-ring (bicyclic) bond motifs is 2. The monoisotopic (exact) mass is 442 g/mol. The number of hydrogen-bond acceptors (Lipinski definition) is 5. The second kappa shape index (κ2) is 6.67. The normalized spacial score (nSPS) is 30.4. The van der Waals surface area contributed by atoms with E-state index in [0.717, 1.165) is 55.2 Å². The lowest BCUT2D eigenvalue weighted by molar-refractivity contribution is -0.152. The fourth-order valence-corrected chi connectivity index (χ4v) is 7.14. The molecule has 0 unspecified atom stereocenters. The van der Waals surface area contributed by atoms with E-state index in [2.05, 4.69) is 27.6 Å². The lowest BCUT2D eigenvalue weighted by Gasteiger charge is -2.63. The minimum Gasteiger partial charge on any atom is -0.508 e. The van der Waals surface area contributed by atoms with Gasteiger partial charge in [-0.2, -0.15) is 5.10 Å². The van der Waals surface area contributed by atoms with Crippen molar-refractivity contribution >= 4 is 0 Å². The van der Waals surface area contributed by atoms with Gasteiger partial charge in [0.25, 0.3) is 0 Å².